The highest BCUT2D eigenvalue weighted by Gasteiger charge is 2.41. The molecule has 0 radical (unpaired) electrons. The number of rotatable bonds is 0. The summed E-state index contributed by atoms with van der Waals surface area (Å²) in [7, 11) is 0. The van der Waals surface area contributed by atoms with Crippen LogP contribution in [-0.4, -0.2) is 39.6 Å². The van der Waals surface area contributed by atoms with Crippen molar-refractivity contribution in [3.63, 3.8) is 0 Å². The third kappa shape index (κ3) is 2.76. The number of oxime groups is 1. The van der Waals surface area contributed by atoms with E-state index in [4.69, 9.17) is 9.94 Å². The van der Waals surface area contributed by atoms with Gasteiger partial charge in [-0.15, -0.1) is 0 Å². The molecule has 5 nitrogen and oxygen atoms in total. The number of hydrogen-bond acceptors (Lipinski definition) is 4. The third-order valence-corrected chi connectivity index (χ3v) is 3.60. The maximum Gasteiger partial charge on any atom is 0.410 e. The molecule has 2 saturated heterocycles. The molecule has 0 aromatic carbocycles. The van der Waals surface area contributed by atoms with Gasteiger partial charge in [-0.05, 0) is 46.5 Å². The summed E-state index contributed by atoms with van der Waals surface area (Å²) in [6.07, 6.45) is 4.10. The van der Waals surface area contributed by atoms with Gasteiger partial charge in [-0.2, -0.15) is 0 Å². The van der Waals surface area contributed by atoms with E-state index in [0.717, 1.165) is 31.4 Å². The van der Waals surface area contributed by atoms with E-state index < -0.39 is 5.60 Å². The van der Waals surface area contributed by atoms with Crippen molar-refractivity contribution in [1.29, 1.82) is 0 Å². The molecule has 102 valence electrons. The molecule has 2 aliphatic rings. The second kappa shape index (κ2) is 4.78. The van der Waals surface area contributed by atoms with Gasteiger partial charge in [0.05, 0.1) is 5.71 Å². The first-order valence-corrected chi connectivity index (χ1v) is 6.62. The van der Waals surface area contributed by atoms with E-state index in [0.29, 0.717) is 6.42 Å². The van der Waals surface area contributed by atoms with Crippen molar-refractivity contribution in [3.05, 3.63) is 0 Å². The van der Waals surface area contributed by atoms with Crippen LogP contribution in [0.5, 0.6) is 0 Å². The van der Waals surface area contributed by atoms with E-state index in [1.807, 2.05) is 25.7 Å². The number of ether oxygens (including phenoxy) is 1. The normalized spacial score (nSPS) is 30.4. The SMILES string of the molecule is CC(C)(C)OC(=O)N1C2CC/C(=N\O)CC1CC2. The Hall–Kier alpha value is -1.26. The molecule has 2 aliphatic heterocycles. The standard InChI is InChI=1S/C13H22N2O3/c1-13(2,3)18-12(16)15-10-5-4-9(14-17)8-11(15)7-6-10/h10-11,17H,4-8H2,1-3H3/b14-9+. The maximum absolute atomic E-state index is 12.2. The second-order valence-corrected chi connectivity index (χ2v) is 6.18. The summed E-state index contributed by atoms with van der Waals surface area (Å²) in [5.41, 5.74) is 0.340. The Morgan fingerprint density at radius 3 is 2.61 bits per heavy atom. The Balaban J connectivity index is 2.11. The summed E-state index contributed by atoms with van der Waals surface area (Å²) >= 11 is 0. The summed E-state index contributed by atoms with van der Waals surface area (Å²) in [5.74, 6) is 0. The monoisotopic (exact) mass is 254 g/mol. The van der Waals surface area contributed by atoms with Gasteiger partial charge in [-0.25, -0.2) is 4.79 Å². The number of nitrogens with zero attached hydrogens (tertiary/aromatic N) is 2. The fourth-order valence-electron chi connectivity index (χ4n) is 2.86. The van der Waals surface area contributed by atoms with E-state index in [2.05, 4.69) is 5.16 Å². The van der Waals surface area contributed by atoms with Crippen LogP contribution in [0.3, 0.4) is 0 Å². The summed E-state index contributed by atoms with van der Waals surface area (Å²) in [4.78, 5) is 14.1. The minimum Gasteiger partial charge on any atom is -0.444 e. The molecule has 2 rings (SSSR count). The quantitative estimate of drug-likeness (QED) is 0.534. The molecular formula is C13H22N2O3. The van der Waals surface area contributed by atoms with Crippen LogP contribution in [-0.2, 0) is 4.74 Å². The first-order valence-electron chi connectivity index (χ1n) is 6.62. The molecular weight excluding hydrogens is 232 g/mol. The highest BCUT2D eigenvalue weighted by Crippen LogP contribution is 2.34. The average Bonchev–Trinajstić information content (AvgIpc) is 2.51. The summed E-state index contributed by atoms with van der Waals surface area (Å²) in [5, 5.41) is 12.2. The minimum absolute atomic E-state index is 0.137. The van der Waals surface area contributed by atoms with Gasteiger partial charge < -0.3 is 14.8 Å². The van der Waals surface area contributed by atoms with E-state index in [-0.39, 0.29) is 18.2 Å². The fourth-order valence-corrected chi connectivity index (χ4v) is 2.86. The second-order valence-electron chi connectivity index (χ2n) is 6.18. The Kier molecular flexibility index (Phi) is 3.50. The predicted molar refractivity (Wildman–Crippen MR) is 68.0 cm³/mol. The molecule has 1 N–H and O–H groups in total. The fraction of sp³-hybridized carbons (Fsp3) is 0.846. The van der Waals surface area contributed by atoms with Gasteiger partial charge in [-0.3, -0.25) is 0 Å². The maximum atomic E-state index is 12.2. The molecule has 0 aromatic heterocycles. The largest absolute Gasteiger partial charge is 0.444 e. The molecule has 2 unspecified atom stereocenters. The molecule has 2 atom stereocenters. The van der Waals surface area contributed by atoms with Crippen LogP contribution in [0.2, 0.25) is 0 Å². The topological polar surface area (TPSA) is 62.1 Å². The Labute approximate surface area is 108 Å². The Morgan fingerprint density at radius 2 is 2.00 bits per heavy atom. The van der Waals surface area contributed by atoms with Crippen LogP contribution in [0.25, 0.3) is 0 Å². The lowest BCUT2D eigenvalue weighted by atomic mass is 9.99. The lowest BCUT2D eigenvalue weighted by Crippen LogP contribution is -2.43. The van der Waals surface area contributed by atoms with Gasteiger partial charge >= 0.3 is 6.09 Å². The van der Waals surface area contributed by atoms with E-state index in [1.165, 1.54) is 0 Å². The first-order chi connectivity index (χ1) is 8.40. The minimum atomic E-state index is -0.462. The first kappa shape index (κ1) is 13.2. The van der Waals surface area contributed by atoms with Gasteiger partial charge in [-0.1, -0.05) is 5.16 Å². The van der Waals surface area contributed by atoms with Crippen molar-refractivity contribution in [2.75, 3.05) is 0 Å². The van der Waals surface area contributed by atoms with E-state index in [1.54, 1.807) is 0 Å². The van der Waals surface area contributed by atoms with E-state index in [9.17, 15) is 4.79 Å². The van der Waals surface area contributed by atoms with Crippen LogP contribution in [0.15, 0.2) is 5.16 Å². The van der Waals surface area contributed by atoms with Crippen molar-refractivity contribution in [2.24, 2.45) is 5.16 Å². The van der Waals surface area contributed by atoms with Crippen LogP contribution in [0.1, 0.15) is 52.9 Å². The Morgan fingerprint density at radius 1 is 1.33 bits per heavy atom. The number of amides is 1. The predicted octanol–water partition coefficient (Wildman–Crippen LogP) is 2.77. The molecule has 0 saturated carbocycles. The summed E-state index contributed by atoms with van der Waals surface area (Å²) in [6.45, 7) is 5.64. The average molecular weight is 254 g/mol. The molecule has 0 aromatic rings. The smallest absolute Gasteiger partial charge is 0.410 e. The van der Waals surface area contributed by atoms with Crippen LogP contribution < -0.4 is 0 Å². The molecule has 5 heteroatoms. The van der Waals surface area contributed by atoms with Crippen molar-refractivity contribution in [3.8, 4) is 0 Å². The zero-order valence-electron chi connectivity index (χ0n) is 11.3. The van der Waals surface area contributed by atoms with Gasteiger partial charge in [0.1, 0.15) is 5.60 Å². The molecule has 1 amide bonds. The Bertz CT molecular complexity index is 360. The molecule has 18 heavy (non-hydrogen) atoms. The van der Waals surface area contributed by atoms with Gasteiger partial charge in [0, 0.05) is 18.5 Å². The van der Waals surface area contributed by atoms with E-state index >= 15 is 0 Å². The van der Waals surface area contributed by atoms with Crippen LogP contribution >= 0.6 is 0 Å². The number of carbonyl (C=O) groups excluding carboxylic acids is 1. The van der Waals surface area contributed by atoms with Crippen molar-refractivity contribution >= 4 is 11.8 Å². The molecule has 2 bridgehead atoms. The molecule has 0 spiro atoms. The van der Waals surface area contributed by atoms with Crippen LogP contribution in [0.4, 0.5) is 4.79 Å². The van der Waals surface area contributed by atoms with Crippen molar-refractivity contribution in [1.82, 2.24) is 4.90 Å². The van der Waals surface area contributed by atoms with Crippen molar-refractivity contribution < 1.29 is 14.7 Å². The number of hydrogen-bond donors (Lipinski definition) is 1. The molecule has 0 aliphatic carbocycles. The summed E-state index contributed by atoms with van der Waals surface area (Å²) < 4.78 is 5.47. The molecule has 2 heterocycles. The highest BCUT2D eigenvalue weighted by atomic mass is 16.6. The van der Waals surface area contributed by atoms with Crippen molar-refractivity contribution in [2.45, 2.75) is 70.6 Å². The van der Waals surface area contributed by atoms with Crippen LogP contribution in [0, 0.1) is 0 Å². The number of carbonyl (C=O) groups is 1. The number of fused-ring (bicyclic) bond motifs is 2. The zero-order chi connectivity index (χ0) is 13.3. The lowest BCUT2D eigenvalue weighted by Gasteiger charge is -2.30. The molecule has 2 fully saturated rings. The highest BCUT2D eigenvalue weighted by molar-refractivity contribution is 5.86. The third-order valence-electron chi connectivity index (χ3n) is 3.60. The lowest BCUT2D eigenvalue weighted by molar-refractivity contribution is 0.0155. The summed E-state index contributed by atoms with van der Waals surface area (Å²) in [6, 6.07) is 0.377. The van der Waals surface area contributed by atoms with Gasteiger partial charge in [0.25, 0.3) is 0 Å². The van der Waals surface area contributed by atoms with Gasteiger partial charge in [0.15, 0.2) is 0 Å². The van der Waals surface area contributed by atoms with Gasteiger partial charge in [0.2, 0.25) is 0 Å². The zero-order valence-corrected chi connectivity index (χ0v) is 11.3.